The highest BCUT2D eigenvalue weighted by Crippen LogP contribution is 2.25. The summed E-state index contributed by atoms with van der Waals surface area (Å²) in [6.45, 7) is -0.704. The molecule has 0 saturated carbocycles. The second-order valence-corrected chi connectivity index (χ2v) is 4.99. The highest BCUT2D eigenvalue weighted by molar-refractivity contribution is 6.02. The maximum absolute atomic E-state index is 13.3. The van der Waals surface area contributed by atoms with Gasteiger partial charge in [-0.1, -0.05) is 0 Å². The van der Waals surface area contributed by atoms with E-state index in [-0.39, 0.29) is 28.3 Å². The number of carbonyl (C=O) groups excluding carboxylic acids is 2. The zero-order chi connectivity index (χ0) is 19.3. The Balaban J connectivity index is 2.18. The predicted octanol–water partition coefficient (Wildman–Crippen LogP) is 2.79. The minimum atomic E-state index is -0.991. The van der Waals surface area contributed by atoms with Crippen LogP contribution in [0.4, 0.5) is 10.1 Å². The molecule has 0 heterocycles. The first-order valence-electron chi connectivity index (χ1n) is 7.23. The van der Waals surface area contributed by atoms with E-state index in [0.29, 0.717) is 0 Å². The highest BCUT2D eigenvalue weighted by Gasteiger charge is 2.21. The number of non-ortho nitro benzene ring substituents is 1. The van der Waals surface area contributed by atoms with Gasteiger partial charge in [-0.2, -0.15) is 0 Å². The molecule has 0 saturated heterocycles. The molecule has 0 bridgehead atoms. The standard InChI is InChI=1S/C17H14FNO7/c1-24-15-5-3-10(18)7-12(15)14(20)9-26-17(21)13-8-11(19(22)23)4-6-16(13)25-2/h3-8H,9H2,1-2H3. The van der Waals surface area contributed by atoms with Crippen molar-refractivity contribution in [2.45, 2.75) is 0 Å². The monoisotopic (exact) mass is 363 g/mol. The number of methoxy groups -OCH3 is 2. The van der Waals surface area contributed by atoms with Gasteiger partial charge < -0.3 is 14.2 Å². The van der Waals surface area contributed by atoms with Crippen LogP contribution in [-0.4, -0.2) is 37.5 Å². The van der Waals surface area contributed by atoms with Gasteiger partial charge in [-0.15, -0.1) is 0 Å². The van der Waals surface area contributed by atoms with E-state index in [2.05, 4.69) is 0 Å². The molecule has 0 spiro atoms. The van der Waals surface area contributed by atoms with Crippen molar-refractivity contribution >= 4 is 17.4 Å². The molecule has 0 amide bonds. The second-order valence-electron chi connectivity index (χ2n) is 4.99. The van der Waals surface area contributed by atoms with Crippen molar-refractivity contribution in [1.82, 2.24) is 0 Å². The van der Waals surface area contributed by atoms with Crippen LogP contribution >= 0.6 is 0 Å². The summed E-state index contributed by atoms with van der Waals surface area (Å²) in [5.41, 5.74) is -0.636. The first-order chi connectivity index (χ1) is 12.4. The Morgan fingerprint density at radius 2 is 1.65 bits per heavy atom. The number of hydrogen-bond acceptors (Lipinski definition) is 7. The van der Waals surface area contributed by atoms with Crippen molar-refractivity contribution in [2.75, 3.05) is 20.8 Å². The highest BCUT2D eigenvalue weighted by atomic mass is 19.1. The zero-order valence-corrected chi connectivity index (χ0v) is 13.9. The van der Waals surface area contributed by atoms with Gasteiger partial charge in [-0.05, 0) is 24.3 Å². The summed E-state index contributed by atoms with van der Waals surface area (Å²) in [7, 11) is 2.59. The van der Waals surface area contributed by atoms with Crippen molar-refractivity contribution in [3.05, 3.63) is 63.5 Å². The molecule has 2 rings (SSSR count). The summed E-state index contributed by atoms with van der Waals surface area (Å²) in [6, 6.07) is 6.74. The number of ether oxygens (including phenoxy) is 3. The Kier molecular flexibility index (Phi) is 5.84. The third-order valence-electron chi connectivity index (χ3n) is 3.41. The van der Waals surface area contributed by atoms with E-state index in [1.165, 1.54) is 32.4 Å². The van der Waals surface area contributed by atoms with Crippen molar-refractivity contribution in [1.29, 1.82) is 0 Å². The summed E-state index contributed by atoms with van der Waals surface area (Å²) in [5.74, 6) is -2.16. The van der Waals surface area contributed by atoms with Crippen LogP contribution in [0.15, 0.2) is 36.4 Å². The Labute approximate surface area is 147 Å². The number of ketones is 1. The molecular weight excluding hydrogens is 349 g/mol. The van der Waals surface area contributed by atoms with E-state index in [1.54, 1.807) is 0 Å². The van der Waals surface area contributed by atoms with Gasteiger partial charge in [0.15, 0.2) is 6.61 Å². The van der Waals surface area contributed by atoms with E-state index < -0.39 is 29.1 Å². The van der Waals surface area contributed by atoms with Crippen LogP contribution in [0, 0.1) is 15.9 Å². The lowest BCUT2D eigenvalue weighted by Gasteiger charge is -2.10. The zero-order valence-electron chi connectivity index (χ0n) is 13.9. The number of nitro benzene ring substituents is 1. The molecule has 0 aliphatic carbocycles. The molecule has 0 aliphatic heterocycles. The fraction of sp³-hybridized carbons (Fsp3) is 0.176. The molecule has 9 heteroatoms. The van der Waals surface area contributed by atoms with Gasteiger partial charge in [-0.3, -0.25) is 14.9 Å². The maximum Gasteiger partial charge on any atom is 0.342 e. The molecule has 0 N–H and O–H groups in total. The average molecular weight is 363 g/mol. The number of esters is 1. The normalized spacial score (nSPS) is 10.1. The number of carbonyl (C=O) groups is 2. The van der Waals surface area contributed by atoms with Crippen LogP contribution in [0.2, 0.25) is 0 Å². The molecule has 26 heavy (non-hydrogen) atoms. The van der Waals surface area contributed by atoms with Gasteiger partial charge in [0.1, 0.15) is 22.9 Å². The smallest absolute Gasteiger partial charge is 0.342 e. The van der Waals surface area contributed by atoms with Gasteiger partial charge in [0.25, 0.3) is 5.69 Å². The minimum Gasteiger partial charge on any atom is -0.496 e. The van der Waals surface area contributed by atoms with Crippen molar-refractivity contribution in [2.24, 2.45) is 0 Å². The first-order valence-corrected chi connectivity index (χ1v) is 7.23. The number of rotatable bonds is 7. The first kappa shape index (κ1) is 18.8. The lowest BCUT2D eigenvalue weighted by molar-refractivity contribution is -0.384. The Bertz CT molecular complexity index is 866. The van der Waals surface area contributed by atoms with E-state index >= 15 is 0 Å². The minimum absolute atomic E-state index is 0.0522. The van der Waals surface area contributed by atoms with Gasteiger partial charge in [0.2, 0.25) is 5.78 Å². The number of nitrogens with zero attached hydrogens (tertiary/aromatic N) is 1. The molecule has 0 aliphatic rings. The lowest BCUT2D eigenvalue weighted by atomic mass is 10.1. The summed E-state index contributed by atoms with van der Waals surface area (Å²) in [6.07, 6.45) is 0. The van der Waals surface area contributed by atoms with E-state index in [0.717, 1.165) is 18.2 Å². The molecule has 0 aromatic heterocycles. The van der Waals surface area contributed by atoms with Crippen LogP contribution < -0.4 is 9.47 Å². The quantitative estimate of drug-likeness (QED) is 0.322. The van der Waals surface area contributed by atoms with E-state index in [4.69, 9.17) is 14.2 Å². The van der Waals surface area contributed by atoms with Gasteiger partial charge in [0.05, 0.1) is 24.7 Å². The van der Waals surface area contributed by atoms with Crippen molar-refractivity contribution in [3.63, 3.8) is 0 Å². The summed E-state index contributed by atoms with van der Waals surface area (Å²) >= 11 is 0. The van der Waals surface area contributed by atoms with Gasteiger partial charge in [0, 0.05) is 12.1 Å². The fourth-order valence-corrected chi connectivity index (χ4v) is 2.15. The number of Topliss-reactive ketones (excluding diaryl/α,β-unsaturated/α-hetero) is 1. The predicted molar refractivity (Wildman–Crippen MR) is 87.2 cm³/mol. The topological polar surface area (TPSA) is 105 Å². The Morgan fingerprint density at radius 3 is 2.27 bits per heavy atom. The summed E-state index contributed by atoms with van der Waals surface area (Å²) in [5, 5.41) is 10.8. The number of benzene rings is 2. The third-order valence-corrected chi connectivity index (χ3v) is 3.41. The molecule has 136 valence electrons. The molecule has 0 atom stereocenters. The second kappa shape index (κ2) is 8.06. The molecule has 0 fully saturated rings. The number of halogens is 1. The molecule has 8 nitrogen and oxygen atoms in total. The number of nitro groups is 1. The Hall–Kier alpha value is -3.49. The third kappa shape index (κ3) is 4.12. The Morgan fingerprint density at radius 1 is 1.04 bits per heavy atom. The van der Waals surface area contributed by atoms with Gasteiger partial charge >= 0.3 is 5.97 Å². The molecule has 2 aromatic carbocycles. The van der Waals surface area contributed by atoms with Crippen LogP contribution in [0.1, 0.15) is 20.7 Å². The summed E-state index contributed by atoms with van der Waals surface area (Å²) < 4.78 is 28.2. The van der Waals surface area contributed by atoms with E-state index in [1.807, 2.05) is 0 Å². The molecular formula is C17H14FNO7. The molecule has 0 radical (unpaired) electrons. The fourth-order valence-electron chi connectivity index (χ4n) is 2.15. The lowest BCUT2D eigenvalue weighted by Crippen LogP contribution is -2.16. The van der Waals surface area contributed by atoms with Crippen LogP contribution in [0.25, 0.3) is 0 Å². The number of hydrogen-bond donors (Lipinski definition) is 0. The summed E-state index contributed by atoms with van der Waals surface area (Å²) in [4.78, 5) is 34.5. The molecule has 2 aromatic rings. The van der Waals surface area contributed by atoms with Crippen LogP contribution in [0.3, 0.4) is 0 Å². The van der Waals surface area contributed by atoms with Crippen LogP contribution in [0.5, 0.6) is 11.5 Å². The largest absolute Gasteiger partial charge is 0.496 e. The van der Waals surface area contributed by atoms with Gasteiger partial charge in [-0.25, -0.2) is 9.18 Å². The average Bonchev–Trinajstić information content (AvgIpc) is 2.65. The van der Waals surface area contributed by atoms with E-state index in [9.17, 15) is 24.1 Å². The maximum atomic E-state index is 13.3. The van der Waals surface area contributed by atoms with Crippen molar-refractivity contribution < 1.29 is 33.1 Å². The van der Waals surface area contributed by atoms with Crippen LogP contribution in [-0.2, 0) is 4.74 Å². The molecule has 0 unspecified atom stereocenters. The van der Waals surface area contributed by atoms with Crippen molar-refractivity contribution in [3.8, 4) is 11.5 Å². The SMILES string of the molecule is COc1ccc(F)cc1C(=O)COC(=O)c1cc([N+](=O)[O-])ccc1OC.